The van der Waals surface area contributed by atoms with Crippen LogP contribution in [-0.4, -0.2) is 28.5 Å². The molecule has 0 amide bonds. The lowest BCUT2D eigenvalue weighted by molar-refractivity contribution is -0.144. The second kappa shape index (κ2) is 6.33. The highest BCUT2D eigenvalue weighted by Gasteiger charge is 2.54. The average molecular weight is 367 g/mol. The molecule has 1 heterocycles. The molecule has 0 atom stereocenters. The van der Waals surface area contributed by atoms with Gasteiger partial charge >= 0.3 is 0 Å². The zero-order valence-corrected chi connectivity index (χ0v) is 16.2. The summed E-state index contributed by atoms with van der Waals surface area (Å²) in [5, 5.41) is 11.9. The average Bonchev–Trinajstić information content (AvgIpc) is 2.90. The van der Waals surface area contributed by atoms with E-state index in [4.69, 9.17) is 5.41 Å². The fraction of sp³-hybridized carbons (Fsp3) is 0.636. The molecule has 0 saturated heterocycles. The predicted molar refractivity (Wildman–Crippen MR) is 105 cm³/mol. The number of para-hydroxylation sites is 2. The molecular weight excluding hydrogens is 336 g/mol. The molecule has 0 aliphatic heterocycles. The standard InChI is InChI=1S/C22H30N4O/c1-24-6-7-25-18-4-2-3-5-19(18)26(21(25)23)14-20(27)22-11-15-8-16(12-22)10-17(9-15)13-22/h2-5,15-17,23-24H,6-14H2,1H3. The SMILES string of the molecule is CNCCn1c(=N)n(CC(=O)C23CC4CC(CC(C4)C2)C3)c2ccccc21. The summed E-state index contributed by atoms with van der Waals surface area (Å²) in [5.41, 5.74) is 2.42. The Bertz CT molecular complexity index is 902. The van der Waals surface area contributed by atoms with Crippen molar-refractivity contribution >= 4 is 16.8 Å². The Hall–Kier alpha value is -1.88. The first-order valence-corrected chi connectivity index (χ1v) is 10.5. The summed E-state index contributed by atoms with van der Waals surface area (Å²) in [6, 6.07) is 8.14. The van der Waals surface area contributed by atoms with E-state index in [-0.39, 0.29) is 5.41 Å². The van der Waals surface area contributed by atoms with Crippen molar-refractivity contribution in [3.63, 3.8) is 0 Å². The molecule has 4 aliphatic rings. The number of nitrogens with one attached hydrogen (secondary N) is 2. The Morgan fingerprint density at radius 3 is 2.19 bits per heavy atom. The van der Waals surface area contributed by atoms with Crippen molar-refractivity contribution in [1.82, 2.24) is 14.5 Å². The summed E-state index contributed by atoms with van der Waals surface area (Å²) in [5.74, 6) is 2.71. The van der Waals surface area contributed by atoms with Crippen molar-refractivity contribution in [3.8, 4) is 0 Å². The quantitative estimate of drug-likeness (QED) is 0.826. The van der Waals surface area contributed by atoms with Gasteiger partial charge < -0.3 is 14.5 Å². The second-order valence-electron chi connectivity index (χ2n) is 9.27. The minimum absolute atomic E-state index is 0.0949. The van der Waals surface area contributed by atoms with Gasteiger partial charge in [-0.25, -0.2) is 0 Å². The zero-order chi connectivity index (χ0) is 18.6. The summed E-state index contributed by atoms with van der Waals surface area (Å²) >= 11 is 0. The maximum atomic E-state index is 13.6. The van der Waals surface area contributed by atoms with E-state index < -0.39 is 0 Å². The van der Waals surface area contributed by atoms with Crippen LogP contribution in [-0.2, 0) is 17.9 Å². The summed E-state index contributed by atoms with van der Waals surface area (Å²) in [7, 11) is 1.93. The maximum Gasteiger partial charge on any atom is 0.203 e. The molecule has 1 aromatic heterocycles. The van der Waals surface area contributed by atoms with Crippen LogP contribution in [0.5, 0.6) is 0 Å². The molecule has 2 N–H and O–H groups in total. The van der Waals surface area contributed by atoms with Gasteiger partial charge in [0.2, 0.25) is 5.62 Å². The number of Topliss-reactive ketones (excluding diaryl/α,β-unsaturated/α-hetero) is 1. The van der Waals surface area contributed by atoms with E-state index >= 15 is 0 Å². The first kappa shape index (κ1) is 17.2. The molecule has 1 aromatic carbocycles. The van der Waals surface area contributed by atoms with Crippen LogP contribution < -0.4 is 10.9 Å². The largest absolute Gasteiger partial charge is 0.318 e. The molecule has 4 bridgehead atoms. The van der Waals surface area contributed by atoms with Crippen LogP contribution in [0.1, 0.15) is 38.5 Å². The van der Waals surface area contributed by atoms with Gasteiger partial charge in [0.15, 0.2) is 5.78 Å². The van der Waals surface area contributed by atoms with E-state index in [2.05, 4.69) is 17.4 Å². The lowest BCUT2D eigenvalue weighted by Crippen LogP contribution is -2.51. The fourth-order valence-corrected chi connectivity index (χ4v) is 6.67. The van der Waals surface area contributed by atoms with Crippen LogP contribution in [0.3, 0.4) is 0 Å². The van der Waals surface area contributed by atoms with E-state index in [9.17, 15) is 4.79 Å². The predicted octanol–water partition coefficient (Wildman–Crippen LogP) is 2.93. The maximum absolute atomic E-state index is 13.6. The Morgan fingerprint density at radius 2 is 1.63 bits per heavy atom. The smallest absolute Gasteiger partial charge is 0.203 e. The fourth-order valence-electron chi connectivity index (χ4n) is 6.67. The lowest BCUT2D eigenvalue weighted by Gasteiger charge is -2.56. The van der Waals surface area contributed by atoms with Crippen LogP contribution in [0.25, 0.3) is 11.0 Å². The highest BCUT2D eigenvalue weighted by molar-refractivity contribution is 5.87. The molecule has 6 rings (SSSR count). The van der Waals surface area contributed by atoms with E-state index in [1.165, 1.54) is 19.3 Å². The van der Waals surface area contributed by atoms with Gasteiger partial charge in [-0.15, -0.1) is 0 Å². The van der Waals surface area contributed by atoms with Gasteiger partial charge in [0, 0.05) is 18.5 Å². The van der Waals surface area contributed by atoms with Gasteiger partial charge in [-0.05, 0) is 75.5 Å². The Kier molecular flexibility index (Phi) is 4.04. The van der Waals surface area contributed by atoms with Gasteiger partial charge in [-0.1, -0.05) is 12.1 Å². The molecule has 4 fully saturated rings. The Morgan fingerprint density at radius 1 is 1.07 bits per heavy atom. The van der Waals surface area contributed by atoms with Crippen molar-refractivity contribution in [2.24, 2.45) is 23.2 Å². The molecule has 0 spiro atoms. The Labute approximate surface area is 160 Å². The number of rotatable bonds is 6. The third-order valence-electron chi connectivity index (χ3n) is 7.49. The summed E-state index contributed by atoms with van der Waals surface area (Å²) in [6.07, 6.45) is 7.37. The van der Waals surface area contributed by atoms with Crippen molar-refractivity contribution in [2.75, 3.05) is 13.6 Å². The van der Waals surface area contributed by atoms with Crippen LogP contribution in [0.2, 0.25) is 0 Å². The van der Waals surface area contributed by atoms with E-state index in [1.54, 1.807) is 0 Å². The van der Waals surface area contributed by atoms with Crippen molar-refractivity contribution < 1.29 is 4.79 Å². The topological polar surface area (TPSA) is 62.8 Å². The van der Waals surface area contributed by atoms with Gasteiger partial charge in [0.1, 0.15) is 0 Å². The molecule has 5 heteroatoms. The first-order chi connectivity index (χ1) is 13.1. The second-order valence-corrected chi connectivity index (χ2v) is 9.27. The summed E-state index contributed by atoms with van der Waals surface area (Å²) < 4.78 is 3.98. The Balaban J connectivity index is 1.49. The van der Waals surface area contributed by atoms with Crippen molar-refractivity contribution in [3.05, 3.63) is 29.9 Å². The molecule has 5 nitrogen and oxygen atoms in total. The molecule has 2 aromatic rings. The molecule has 0 radical (unpaired) electrons. The number of hydrogen-bond donors (Lipinski definition) is 2. The van der Waals surface area contributed by atoms with E-state index in [0.717, 1.165) is 61.1 Å². The minimum atomic E-state index is -0.0949. The number of carbonyl (C=O) groups is 1. The molecule has 4 aliphatic carbocycles. The number of benzene rings is 1. The van der Waals surface area contributed by atoms with Crippen LogP contribution >= 0.6 is 0 Å². The highest BCUT2D eigenvalue weighted by atomic mass is 16.1. The van der Waals surface area contributed by atoms with E-state index in [1.807, 2.05) is 28.3 Å². The number of ketones is 1. The number of imidazole rings is 1. The van der Waals surface area contributed by atoms with Crippen LogP contribution in [0, 0.1) is 28.6 Å². The molecule has 144 valence electrons. The van der Waals surface area contributed by atoms with Gasteiger partial charge in [-0.3, -0.25) is 10.2 Å². The molecular formula is C22H30N4O. The third-order valence-corrected chi connectivity index (χ3v) is 7.49. The summed E-state index contributed by atoms with van der Waals surface area (Å²) in [4.78, 5) is 13.6. The van der Waals surface area contributed by atoms with Gasteiger partial charge in [0.25, 0.3) is 0 Å². The molecule has 4 saturated carbocycles. The lowest BCUT2D eigenvalue weighted by atomic mass is 9.48. The van der Waals surface area contributed by atoms with Crippen molar-refractivity contribution in [1.29, 1.82) is 5.41 Å². The summed E-state index contributed by atoms with van der Waals surface area (Å²) in [6.45, 7) is 1.92. The first-order valence-electron chi connectivity index (χ1n) is 10.5. The number of hydrogen-bond acceptors (Lipinski definition) is 3. The van der Waals surface area contributed by atoms with Gasteiger partial charge in [-0.2, -0.15) is 0 Å². The minimum Gasteiger partial charge on any atom is -0.318 e. The number of carbonyl (C=O) groups excluding carboxylic acids is 1. The van der Waals surface area contributed by atoms with Crippen LogP contribution in [0.15, 0.2) is 24.3 Å². The van der Waals surface area contributed by atoms with E-state index in [0.29, 0.717) is 17.9 Å². The zero-order valence-electron chi connectivity index (χ0n) is 16.2. The highest BCUT2D eigenvalue weighted by Crippen LogP contribution is 2.60. The van der Waals surface area contributed by atoms with Crippen molar-refractivity contribution in [2.45, 2.75) is 51.6 Å². The van der Waals surface area contributed by atoms with Crippen LogP contribution in [0.4, 0.5) is 0 Å². The normalized spacial score (nSPS) is 31.7. The monoisotopic (exact) mass is 366 g/mol. The molecule has 0 unspecified atom stereocenters. The van der Waals surface area contributed by atoms with Gasteiger partial charge in [0.05, 0.1) is 17.6 Å². The number of likely N-dealkylation sites (N-methyl/N-ethyl adjacent to an activating group) is 1. The molecule has 27 heavy (non-hydrogen) atoms. The third kappa shape index (κ3) is 2.70. The number of fused-ring (bicyclic) bond motifs is 1. The number of nitrogens with zero attached hydrogens (tertiary/aromatic N) is 2. The number of aromatic nitrogens is 2.